The highest BCUT2D eigenvalue weighted by atomic mass is 16.6. The Morgan fingerprint density at radius 2 is 2.15 bits per heavy atom. The molecular formula is C16H24N2O2. The maximum atomic E-state index is 11.0. The second-order valence-corrected chi connectivity index (χ2v) is 6.55. The number of benzene rings is 1. The molecule has 4 heteroatoms. The fourth-order valence-corrected chi connectivity index (χ4v) is 3.08. The van der Waals surface area contributed by atoms with Crippen LogP contribution >= 0.6 is 0 Å². The van der Waals surface area contributed by atoms with Crippen LogP contribution in [-0.4, -0.2) is 11.0 Å². The van der Waals surface area contributed by atoms with Crippen molar-refractivity contribution in [3.63, 3.8) is 0 Å². The molecule has 0 heterocycles. The van der Waals surface area contributed by atoms with E-state index in [1.165, 1.54) is 25.7 Å². The third-order valence-electron chi connectivity index (χ3n) is 4.53. The van der Waals surface area contributed by atoms with E-state index in [9.17, 15) is 10.1 Å². The summed E-state index contributed by atoms with van der Waals surface area (Å²) in [5.74, 6) is 0. The molecule has 1 unspecified atom stereocenters. The molecule has 110 valence electrons. The summed E-state index contributed by atoms with van der Waals surface area (Å²) in [5, 5.41) is 14.6. The van der Waals surface area contributed by atoms with Crippen LogP contribution in [0.4, 0.5) is 5.69 Å². The van der Waals surface area contributed by atoms with Crippen LogP contribution in [0.1, 0.15) is 50.7 Å². The minimum Gasteiger partial charge on any atom is -0.309 e. The highest BCUT2D eigenvalue weighted by molar-refractivity contribution is 5.42. The quantitative estimate of drug-likeness (QED) is 0.669. The Kier molecular flexibility index (Phi) is 4.43. The molecule has 0 bridgehead atoms. The molecule has 1 aromatic carbocycles. The van der Waals surface area contributed by atoms with Crippen molar-refractivity contribution in [1.29, 1.82) is 0 Å². The van der Waals surface area contributed by atoms with Crippen LogP contribution in [0.5, 0.6) is 0 Å². The number of nitro groups is 1. The first-order valence-electron chi connectivity index (χ1n) is 7.37. The molecule has 0 spiro atoms. The summed E-state index contributed by atoms with van der Waals surface area (Å²) in [7, 11) is 0. The van der Waals surface area contributed by atoms with E-state index in [2.05, 4.69) is 19.2 Å². The van der Waals surface area contributed by atoms with Crippen LogP contribution in [-0.2, 0) is 6.54 Å². The first-order chi connectivity index (χ1) is 9.40. The average Bonchev–Trinajstić information content (AvgIpc) is 2.38. The molecule has 1 aromatic rings. The van der Waals surface area contributed by atoms with Crippen LogP contribution < -0.4 is 5.32 Å². The Balaban J connectivity index is 2.04. The van der Waals surface area contributed by atoms with Gasteiger partial charge in [0.1, 0.15) is 0 Å². The van der Waals surface area contributed by atoms with Gasteiger partial charge in [-0.05, 0) is 30.7 Å². The minimum absolute atomic E-state index is 0.215. The number of aryl methyl sites for hydroxylation is 1. The van der Waals surface area contributed by atoms with Crippen molar-refractivity contribution >= 4 is 5.69 Å². The normalized spacial score (nSPS) is 21.6. The molecule has 0 saturated heterocycles. The van der Waals surface area contributed by atoms with Gasteiger partial charge in [-0.3, -0.25) is 10.1 Å². The average molecular weight is 276 g/mol. The Hall–Kier alpha value is -1.42. The molecule has 2 rings (SSSR count). The van der Waals surface area contributed by atoms with Gasteiger partial charge in [-0.2, -0.15) is 0 Å². The molecular weight excluding hydrogens is 252 g/mol. The van der Waals surface area contributed by atoms with Crippen LogP contribution in [0.25, 0.3) is 0 Å². The maximum absolute atomic E-state index is 11.0. The predicted octanol–water partition coefficient (Wildman–Crippen LogP) is 3.96. The van der Waals surface area contributed by atoms with Crippen LogP contribution in [0.3, 0.4) is 0 Å². The Labute approximate surface area is 120 Å². The third-order valence-corrected chi connectivity index (χ3v) is 4.53. The zero-order valence-electron chi connectivity index (χ0n) is 12.6. The van der Waals surface area contributed by atoms with E-state index in [1.54, 1.807) is 13.0 Å². The Morgan fingerprint density at radius 3 is 2.80 bits per heavy atom. The Morgan fingerprint density at radius 1 is 1.40 bits per heavy atom. The topological polar surface area (TPSA) is 55.2 Å². The van der Waals surface area contributed by atoms with Gasteiger partial charge in [0.2, 0.25) is 0 Å². The summed E-state index contributed by atoms with van der Waals surface area (Å²) in [5.41, 5.74) is 2.24. The van der Waals surface area contributed by atoms with Gasteiger partial charge >= 0.3 is 0 Å². The fraction of sp³-hybridized carbons (Fsp3) is 0.625. The first kappa shape index (κ1) is 15.0. The zero-order chi connectivity index (χ0) is 14.8. The van der Waals surface area contributed by atoms with Crippen molar-refractivity contribution in [2.24, 2.45) is 5.41 Å². The lowest BCUT2D eigenvalue weighted by Gasteiger charge is -2.39. The standard InChI is InChI=1S/C16H24N2O2/c1-12-7-8-13(10-14(12)18(19)20)11-17-15-6-4-5-9-16(15,2)3/h7-8,10,15,17H,4-6,9,11H2,1-3H3. The molecule has 1 aliphatic rings. The largest absolute Gasteiger partial charge is 0.309 e. The fourth-order valence-electron chi connectivity index (χ4n) is 3.08. The lowest BCUT2D eigenvalue weighted by molar-refractivity contribution is -0.385. The van der Waals surface area contributed by atoms with E-state index in [-0.39, 0.29) is 10.6 Å². The first-order valence-corrected chi connectivity index (χ1v) is 7.37. The van der Waals surface area contributed by atoms with E-state index in [4.69, 9.17) is 0 Å². The number of rotatable bonds is 4. The summed E-state index contributed by atoms with van der Waals surface area (Å²) < 4.78 is 0. The summed E-state index contributed by atoms with van der Waals surface area (Å²) in [6.07, 6.45) is 5.02. The molecule has 4 nitrogen and oxygen atoms in total. The highest BCUT2D eigenvalue weighted by Crippen LogP contribution is 2.35. The number of hydrogen-bond donors (Lipinski definition) is 1. The van der Waals surface area contributed by atoms with E-state index in [0.717, 1.165) is 11.1 Å². The minimum atomic E-state index is -0.302. The van der Waals surface area contributed by atoms with Gasteiger partial charge < -0.3 is 5.32 Å². The highest BCUT2D eigenvalue weighted by Gasteiger charge is 2.31. The predicted molar refractivity (Wildman–Crippen MR) is 80.7 cm³/mol. The second kappa shape index (κ2) is 5.92. The number of hydrogen-bond acceptors (Lipinski definition) is 3. The van der Waals surface area contributed by atoms with Gasteiger partial charge in [0, 0.05) is 24.2 Å². The molecule has 20 heavy (non-hydrogen) atoms. The van der Waals surface area contributed by atoms with E-state index in [0.29, 0.717) is 18.0 Å². The Bertz CT molecular complexity index is 497. The lowest BCUT2D eigenvalue weighted by Crippen LogP contribution is -2.43. The van der Waals surface area contributed by atoms with Gasteiger partial charge in [0.25, 0.3) is 5.69 Å². The van der Waals surface area contributed by atoms with Crippen molar-refractivity contribution in [3.8, 4) is 0 Å². The van der Waals surface area contributed by atoms with Crippen LogP contribution in [0.15, 0.2) is 18.2 Å². The van der Waals surface area contributed by atoms with Gasteiger partial charge in [0.15, 0.2) is 0 Å². The summed E-state index contributed by atoms with van der Waals surface area (Å²) in [6.45, 7) is 7.09. The summed E-state index contributed by atoms with van der Waals surface area (Å²) in [6, 6.07) is 6.00. The van der Waals surface area contributed by atoms with E-state index in [1.807, 2.05) is 12.1 Å². The summed E-state index contributed by atoms with van der Waals surface area (Å²) in [4.78, 5) is 10.7. The summed E-state index contributed by atoms with van der Waals surface area (Å²) >= 11 is 0. The van der Waals surface area contributed by atoms with Crippen molar-refractivity contribution in [1.82, 2.24) is 5.32 Å². The van der Waals surface area contributed by atoms with Crippen molar-refractivity contribution < 1.29 is 4.92 Å². The molecule has 0 radical (unpaired) electrons. The molecule has 1 fully saturated rings. The van der Waals surface area contributed by atoms with Crippen molar-refractivity contribution in [2.45, 2.75) is 59.0 Å². The zero-order valence-corrected chi connectivity index (χ0v) is 12.6. The second-order valence-electron chi connectivity index (χ2n) is 6.55. The molecule has 1 aliphatic carbocycles. The number of nitrogens with zero attached hydrogens (tertiary/aromatic N) is 1. The van der Waals surface area contributed by atoms with E-state index < -0.39 is 0 Å². The van der Waals surface area contributed by atoms with Crippen LogP contribution in [0.2, 0.25) is 0 Å². The van der Waals surface area contributed by atoms with E-state index >= 15 is 0 Å². The molecule has 1 atom stereocenters. The smallest absolute Gasteiger partial charge is 0.272 e. The van der Waals surface area contributed by atoms with Crippen molar-refractivity contribution in [3.05, 3.63) is 39.4 Å². The van der Waals surface area contributed by atoms with Crippen LogP contribution in [0, 0.1) is 22.5 Å². The third kappa shape index (κ3) is 3.37. The van der Waals surface area contributed by atoms with Crippen molar-refractivity contribution in [2.75, 3.05) is 0 Å². The van der Waals surface area contributed by atoms with Gasteiger partial charge in [-0.1, -0.05) is 38.8 Å². The molecule has 0 aliphatic heterocycles. The molecule has 0 amide bonds. The van der Waals surface area contributed by atoms with Gasteiger partial charge in [-0.15, -0.1) is 0 Å². The molecule has 1 saturated carbocycles. The molecule has 1 N–H and O–H groups in total. The number of nitrogens with one attached hydrogen (secondary N) is 1. The SMILES string of the molecule is Cc1ccc(CNC2CCCCC2(C)C)cc1[N+](=O)[O-]. The molecule has 0 aromatic heterocycles. The lowest BCUT2D eigenvalue weighted by atomic mass is 9.73. The van der Waals surface area contributed by atoms with Gasteiger partial charge in [0.05, 0.1) is 4.92 Å². The number of nitro benzene ring substituents is 1. The monoisotopic (exact) mass is 276 g/mol. The maximum Gasteiger partial charge on any atom is 0.272 e. The van der Waals surface area contributed by atoms with Gasteiger partial charge in [-0.25, -0.2) is 0 Å².